The Bertz CT molecular complexity index is 656. The zero-order valence-corrected chi connectivity index (χ0v) is 18.0. The molecule has 0 spiro atoms. The van der Waals surface area contributed by atoms with Gasteiger partial charge >= 0.3 is 0 Å². The van der Waals surface area contributed by atoms with Crippen LogP contribution in [-0.4, -0.2) is 50.3 Å². The van der Waals surface area contributed by atoms with E-state index in [9.17, 15) is 0 Å². The van der Waals surface area contributed by atoms with Gasteiger partial charge in [0.1, 0.15) is 5.82 Å². The molecule has 1 aromatic heterocycles. The van der Waals surface area contributed by atoms with Crippen LogP contribution in [0.25, 0.3) is 0 Å². The lowest BCUT2D eigenvalue weighted by Crippen LogP contribution is -2.46. The third-order valence-electron chi connectivity index (χ3n) is 5.94. The monoisotopic (exact) mass is 387 g/mol. The van der Waals surface area contributed by atoms with Gasteiger partial charge in [0.05, 0.1) is 12.7 Å². The van der Waals surface area contributed by atoms with Gasteiger partial charge < -0.3 is 20.3 Å². The molecule has 1 aliphatic carbocycles. The Morgan fingerprint density at radius 2 is 2.21 bits per heavy atom. The molecule has 1 saturated carbocycles. The van der Waals surface area contributed by atoms with Gasteiger partial charge in [-0.1, -0.05) is 20.3 Å². The molecular formula is C22H37N5O. The fraction of sp³-hybridized carbons (Fsp3) is 0.727. The number of aliphatic imine (C=N–C) groups is 1. The minimum absolute atomic E-state index is 0.255. The average molecular weight is 388 g/mol. The molecule has 0 amide bonds. The Labute approximate surface area is 170 Å². The molecular weight excluding hydrogens is 350 g/mol. The van der Waals surface area contributed by atoms with E-state index in [4.69, 9.17) is 4.74 Å². The van der Waals surface area contributed by atoms with Gasteiger partial charge in [0, 0.05) is 39.4 Å². The van der Waals surface area contributed by atoms with Gasteiger partial charge in [-0.3, -0.25) is 4.99 Å². The summed E-state index contributed by atoms with van der Waals surface area (Å²) in [5.41, 5.74) is 1.68. The van der Waals surface area contributed by atoms with Crippen LogP contribution in [0.5, 0.6) is 0 Å². The number of anilines is 1. The van der Waals surface area contributed by atoms with Crippen LogP contribution >= 0.6 is 0 Å². The van der Waals surface area contributed by atoms with Gasteiger partial charge in [0.15, 0.2) is 5.96 Å². The van der Waals surface area contributed by atoms with Crippen molar-refractivity contribution in [3.05, 3.63) is 23.9 Å². The highest BCUT2D eigenvalue weighted by Gasteiger charge is 2.37. The number of guanidine groups is 1. The molecule has 2 heterocycles. The third kappa shape index (κ3) is 5.60. The molecule has 28 heavy (non-hydrogen) atoms. The van der Waals surface area contributed by atoms with E-state index in [1.165, 1.54) is 31.2 Å². The van der Waals surface area contributed by atoms with E-state index in [1.54, 1.807) is 0 Å². The second kappa shape index (κ2) is 9.59. The lowest BCUT2D eigenvalue weighted by Gasteiger charge is -2.43. The van der Waals surface area contributed by atoms with Crippen LogP contribution in [0.4, 0.5) is 5.82 Å². The quantitative estimate of drug-likeness (QED) is 0.556. The Morgan fingerprint density at radius 1 is 1.39 bits per heavy atom. The number of aromatic nitrogens is 1. The second-order valence-corrected chi connectivity index (χ2v) is 8.88. The molecule has 1 atom stereocenters. The summed E-state index contributed by atoms with van der Waals surface area (Å²) in [7, 11) is 1.85. The number of hydrogen-bond donors (Lipinski definition) is 2. The van der Waals surface area contributed by atoms with E-state index in [0.717, 1.165) is 50.5 Å². The fourth-order valence-electron chi connectivity index (χ4n) is 4.44. The fourth-order valence-corrected chi connectivity index (χ4v) is 4.44. The molecule has 0 bridgehead atoms. The molecule has 2 aliphatic rings. The van der Waals surface area contributed by atoms with Gasteiger partial charge in [-0.25, -0.2) is 4.98 Å². The van der Waals surface area contributed by atoms with E-state index in [1.807, 2.05) is 13.2 Å². The Balaban J connectivity index is 1.51. The van der Waals surface area contributed by atoms with Crippen LogP contribution < -0.4 is 15.5 Å². The number of nitrogens with zero attached hydrogens (tertiary/aromatic N) is 3. The standard InChI is InChI=1S/C22H37N5O/c1-17(2)13-22(7-5-8-22)16-26-21(23-4)25-14-19-6-9-24-20(12-19)27-10-11-28-18(3)15-27/h6,9,12,17-18H,5,7-8,10-11,13-16H2,1-4H3,(H2,23,25,26). The van der Waals surface area contributed by atoms with Crippen LogP contribution in [0.3, 0.4) is 0 Å². The van der Waals surface area contributed by atoms with Gasteiger partial charge in [-0.2, -0.15) is 0 Å². The summed E-state index contributed by atoms with van der Waals surface area (Å²) in [5.74, 6) is 2.66. The highest BCUT2D eigenvalue weighted by molar-refractivity contribution is 5.79. The number of nitrogens with one attached hydrogen (secondary N) is 2. The number of hydrogen-bond acceptors (Lipinski definition) is 4. The van der Waals surface area contributed by atoms with Crippen molar-refractivity contribution in [1.82, 2.24) is 15.6 Å². The summed E-state index contributed by atoms with van der Waals surface area (Å²) in [4.78, 5) is 11.3. The van der Waals surface area contributed by atoms with Crippen LogP contribution in [0.1, 0.15) is 52.0 Å². The first-order valence-corrected chi connectivity index (χ1v) is 10.8. The molecule has 6 heteroatoms. The maximum atomic E-state index is 5.64. The number of rotatable bonds is 7. The maximum Gasteiger partial charge on any atom is 0.191 e. The molecule has 3 rings (SSSR count). The van der Waals surface area contributed by atoms with E-state index < -0.39 is 0 Å². The normalized spacial score (nSPS) is 22.1. The predicted octanol–water partition coefficient (Wildman–Crippen LogP) is 3.19. The van der Waals surface area contributed by atoms with Crippen molar-refractivity contribution in [2.75, 3.05) is 38.2 Å². The molecule has 2 N–H and O–H groups in total. The average Bonchev–Trinajstić information content (AvgIpc) is 2.66. The van der Waals surface area contributed by atoms with E-state index in [0.29, 0.717) is 5.41 Å². The first-order valence-electron chi connectivity index (χ1n) is 10.8. The molecule has 0 aromatic carbocycles. The van der Waals surface area contributed by atoms with Crippen molar-refractivity contribution in [1.29, 1.82) is 0 Å². The summed E-state index contributed by atoms with van der Waals surface area (Å²) in [6.07, 6.45) is 7.48. The van der Waals surface area contributed by atoms with Crippen molar-refractivity contribution in [2.24, 2.45) is 16.3 Å². The highest BCUT2D eigenvalue weighted by Crippen LogP contribution is 2.45. The van der Waals surface area contributed by atoms with E-state index in [2.05, 4.69) is 58.4 Å². The minimum atomic E-state index is 0.255. The van der Waals surface area contributed by atoms with Gasteiger partial charge in [-0.05, 0) is 55.2 Å². The Hall–Kier alpha value is -1.82. The van der Waals surface area contributed by atoms with Crippen molar-refractivity contribution in [3.63, 3.8) is 0 Å². The maximum absolute atomic E-state index is 5.64. The smallest absolute Gasteiger partial charge is 0.191 e. The summed E-state index contributed by atoms with van der Waals surface area (Å²) in [6.45, 7) is 11.1. The van der Waals surface area contributed by atoms with E-state index >= 15 is 0 Å². The molecule has 1 aliphatic heterocycles. The van der Waals surface area contributed by atoms with Crippen molar-refractivity contribution in [3.8, 4) is 0 Å². The molecule has 156 valence electrons. The van der Waals surface area contributed by atoms with Crippen molar-refractivity contribution < 1.29 is 4.74 Å². The van der Waals surface area contributed by atoms with Gasteiger partial charge in [0.25, 0.3) is 0 Å². The number of ether oxygens (including phenoxy) is 1. The Kier molecular flexibility index (Phi) is 7.16. The molecule has 1 saturated heterocycles. The predicted molar refractivity (Wildman–Crippen MR) is 116 cm³/mol. The van der Waals surface area contributed by atoms with Crippen LogP contribution in [0.15, 0.2) is 23.3 Å². The SMILES string of the molecule is CN=C(NCc1ccnc(N2CCOC(C)C2)c1)NCC1(CC(C)C)CCC1. The minimum Gasteiger partial charge on any atom is -0.375 e. The Morgan fingerprint density at radius 3 is 2.86 bits per heavy atom. The molecule has 1 aromatic rings. The summed E-state index contributed by atoms with van der Waals surface area (Å²) >= 11 is 0. The lowest BCUT2D eigenvalue weighted by atomic mass is 9.64. The van der Waals surface area contributed by atoms with Crippen molar-refractivity contribution >= 4 is 11.8 Å². The van der Waals surface area contributed by atoms with Gasteiger partial charge in [-0.15, -0.1) is 0 Å². The van der Waals surface area contributed by atoms with Crippen LogP contribution in [0.2, 0.25) is 0 Å². The van der Waals surface area contributed by atoms with E-state index in [-0.39, 0.29) is 6.10 Å². The first kappa shape index (κ1) is 20.9. The van der Waals surface area contributed by atoms with Crippen LogP contribution in [-0.2, 0) is 11.3 Å². The third-order valence-corrected chi connectivity index (χ3v) is 5.94. The number of pyridine rings is 1. The molecule has 6 nitrogen and oxygen atoms in total. The molecule has 2 fully saturated rings. The highest BCUT2D eigenvalue weighted by atomic mass is 16.5. The first-order chi connectivity index (χ1) is 13.5. The summed E-state index contributed by atoms with van der Waals surface area (Å²) < 4.78 is 5.64. The molecule has 1 unspecified atom stereocenters. The summed E-state index contributed by atoms with van der Waals surface area (Å²) in [5, 5.41) is 7.03. The summed E-state index contributed by atoms with van der Waals surface area (Å²) in [6, 6.07) is 4.24. The zero-order valence-electron chi connectivity index (χ0n) is 18.0. The lowest BCUT2D eigenvalue weighted by molar-refractivity contribution is 0.0529. The molecule has 0 radical (unpaired) electrons. The number of morpholine rings is 1. The zero-order chi connectivity index (χ0) is 20.0. The topological polar surface area (TPSA) is 61.8 Å². The van der Waals surface area contributed by atoms with Gasteiger partial charge in [0.2, 0.25) is 0 Å². The largest absolute Gasteiger partial charge is 0.375 e. The van der Waals surface area contributed by atoms with Crippen molar-refractivity contribution in [2.45, 2.75) is 59.1 Å². The second-order valence-electron chi connectivity index (χ2n) is 8.88. The van der Waals surface area contributed by atoms with Crippen LogP contribution in [0, 0.1) is 11.3 Å².